The maximum absolute atomic E-state index is 13.7. The highest BCUT2D eigenvalue weighted by Gasteiger charge is 2.38. The molecule has 0 bridgehead atoms. The van der Waals surface area contributed by atoms with Crippen LogP contribution in [0, 0.1) is 0 Å². The molecule has 10 nitrogen and oxygen atoms in total. The Morgan fingerprint density at radius 2 is 1.86 bits per heavy atom. The zero-order chi connectivity index (χ0) is 26.5. The first kappa shape index (κ1) is 25.4. The Kier molecular flexibility index (Phi) is 6.55. The summed E-state index contributed by atoms with van der Waals surface area (Å²) in [5.74, 6) is 0.704. The SMILES string of the molecule is Cn1c(=O)n(Cc2ccccc2Cl)c(=O)c2c1nc1n2CCCCN1[C@H]1C[C@H](NC(=O)OC(C)(C)C)C1. The average Bonchev–Trinajstić information content (AvgIpc) is 3.06. The molecular formula is C26H33ClN6O4. The van der Waals surface area contributed by atoms with Crippen LogP contribution in [0.4, 0.5) is 10.7 Å². The van der Waals surface area contributed by atoms with Crippen LogP contribution in [-0.2, 0) is 24.9 Å². The molecule has 3 aromatic rings. The van der Waals surface area contributed by atoms with Crippen LogP contribution in [0.25, 0.3) is 11.2 Å². The van der Waals surface area contributed by atoms with E-state index in [1.165, 1.54) is 9.13 Å². The smallest absolute Gasteiger partial charge is 0.407 e. The summed E-state index contributed by atoms with van der Waals surface area (Å²) < 4.78 is 10.0. The molecule has 1 amide bonds. The van der Waals surface area contributed by atoms with Crippen LogP contribution in [-0.4, -0.2) is 49.0 Å². The van der Waals surface area contributed by atoms with E-state index in [0.717, 1.165) is 32.2 Å². The van der Waals surface area contributed by atoms with Gasteiger partial charge >= 0.3 is 11.8 Å². The van der Waals surface area contributed by atoms with Gasteiger partial charge in [-0.05, 0) is 58.1 Å². The lowest BCUT2D eigenvalue weighted by Crippen LogP contribution is -2.55. The molecule has 11 heteroatoms. The van der Waals surface area contributed by atoms with Gasteiger partial charge in [-0.1, -0.05) is 29.8 Å². The Labute approximate surface area is 219 Å². The van der Waals surface area contributed by atoms with Gasteiger partial charge in [-0.2, -0.15) is 4.98 Å². The third-order valence-electron chi connectivity index (χ3n) is 7.06. The largest absolute Gasteiger partial charge is 0.444 e. The molecule has 1 N–H and O–H groups in total. The summed E-state index contributed by atoms with van der Waals surface area (Å²) in [6, 6.07) is 7.41. The summed E-state index contributed by atoms with van der Waals surface area (Å²) in [7, 11) is 1.65. The highest BCUT2D eigenvalue weighted by molar-refractivity contribution is 6.31. The summed E-state index contributed by atoms with van der Waals surface area (Å²) in [6.07, 6.45) is 2.98. The number of alkyl carbamates (subject to hydrolysis) is 1. The number of fused-ring (bicyclic) bond motifs is 3. The van der Waals surface area contributed by atoms with E-state index in [9.17, 15) is 14.4 Å². The number of halogens is 1. The maximum atomic E-state index is 13.7. The fourth-order valence-electron chi connectivity index (χ4n) is 5.16. The third-order valence-corrected chi connectivity index (χ3v) is 7.43. The van der Waals surface area contributed by atoms with Crippen molar-refractivity contribution in [1.82, 2.24) is 24.0 Å². The van der Waals surface area contributed by atoms with E-state index in [4.69, 9.17) is 21.3 Å². The number of carbonyl (C=O) groups excluding carboxylic acids is 1. The lowest BCUT2D eigenvalue weighted by molar-refractivity contribution is 0.0470. The Bertz CT molecular complexity index is 1460. The summed E-state index contributed by atoms with van der Waals surface area (Å²) >= 11 is 6.32. The zero-order valence-corrected chi connectivity index (χ0v) is 22.4. The van der Waals surface area contributed by atoms with E-state index >= 15 is 0 Å². The highest BCUT2D eigenvalue weighted by atomic mass is 35.5. The summed E-state index contributed by atoms with van der Waals surface area (Å²) in [5, 5.41) is 3.45. The topological polar surface area (TPSA) is 103 Å². The normalized spacial score (nSPS) is 19.8. The van der Waals surface area contributed by atoms with E-state index in [1.54, 1.807) is 13.1 Å². The second kappa shape index (κ2) is 9.55. The number of hydrogen-bond donors (Lipinski definition) is 1. The fourth-order valence-corrected chi connectivity index (χ4v) is 5.36. The number of aromatic nitrogens is 4. The quantitative estimate of drug-likeness (QED) is 0.557. The molecule has 2 aliphatic rings. The van der Waals surface area contributed by atoms with Crippen LogP contribution in [0.3, 0.4) is 0 Å². The number of hydrogen-bond acceptors (Lipinski definition) is 6. The first-order valence-electron chi connectivity index (χ1n) is 12.7. The first-order valence-corrected chi connectivity index (χ1v) is 13.1. The van der Waals surface area contributed by atoms with Crippen LogP contribution in [0.2, 0.25) is 5.02 Å². The minimum Gasteiger partial charge on any atom is -0.444 e. The molecule has 3 heterocycles. The Balaban J connectivity index is 1.45. The maximum Gasteiger partial charge on any atom is 0.407 e. The van der Waals surface area contributed by atoms with Gasteiger partial charge in [0.05, 0.1) is 6.54 Å². The minimum atomic E-state index is -0.544. The number of imidazole rings is 1. The van der Waals surface area contributed by atoms with Crippen LogP contribution in [0.1, 0.15) is 52.0 Å². The molecule has 1 aromatic carbocycles. The predicted octanol–water partition coefficient (Wildman–Crippen LogP) is 3.25. The van der Waals surface area contributed by atoms with Crippen molar-refractivity contribution in [3.8, 4) is 0 Å². The van der Waals surface area contributed by atoms with E-state index in [0.29, 0.717) is 34.2 Å². The van der Waals surface area contributed by atoms with Crippen molar-refractivity contribution in [3.63, 3.8) is 0 Å². The van der Waals surface area contributed by atoms with Crippen molar-refractivity contribution in [1.29, 1.82) is 0 Å². The van der Waals surface area contributed by atoms with Crippen LogP contribution in [0.5, 0.6) is 0 Å². The summed E-state index contributed by atoms with van der Waals surface area (Å²) in [4.78, 5) is 46.1. The standard InChI is InChI=1S/C26H33ClN6O4/c1-26(2,3)37-24(35)28-17-13-18(14-17)31-11-7-8-12-32-20-21(29-23(31)32)30(4)25(36)33(22(20)34)15-16-9-5-6-10-19(16)27/h5-6,9-10,17-18H,7-8,11-15H2,1-4H3,(H,28,35)/t17-,18-. The van der Waals surface area contributed by atoms with Crippen LogP contribution >= 0.6 is 11.6 Å². The molecule has 198 valence electrons. The van der Waals surface area contributed by atoms with Gasteiger partial charge in [0.15, 0.2) is 11.2 Å². The number of anilines is 1. The lowest BCUT2D eigenvalue weighted by Gasteiger charge is -2.43. The number of carbonyl (C=O) groups is 1. The number of amides is 1. The van der Waals surface area contributed by atoms with Crippen LogP contribution < -0.4 is 21.5 Å². The van der Waals surface area contributed by atoms with Crippen molar-refractivity contribution < 1.29 is 9.53 Å². The van der Waals surface area contributed by atoms with Crippen molar-refractivity contribution in [2.24, 2.45) is 7.05 Å². The molecular weight excluding hydrogens is 496 g/mol. The molecule has 1 saturated carbocycles. The highest BCUT2D eigenvalue weighted by Crippen LogP contribution is 2.33. The number of nitrogens with one attached hydrogen (secondary N) is 1. The molecule has 1 aliphatic heterocycles. The van der Waals surface area contributed by atoms with E-state index in [-0.39, 0.29) is 24.2 Å². The second-order valence-electron chi connectivity index (χ2n) is 10.9. The molecule has 1 fully saturated rings. The number of nitrogens with zero attached hydrogens (tertiary/aromatic N) is 5. The minimum absolute atomic E-state index is 0.0261. The van der Waals surface area contributed by atoms with Crippen LogP contribution in [0.15, 0.2) is 33.9 Å². The third kappa shape index (κ3) is 4.86. The number of benzene rings is 1. The number of ether oxygens (including phenoxy) is 1. The van der Waals surface area contributed by atoms with Gasteiger partial charge in [0, 0.05) is 37.2 Å². The van der Waals surface area contributed by atoms with Gasteiger partial charge in [0.1, 0.15) is 5.60 Å². The second-order valence-corrected chi connectivity index (χ2v) is 11.3. The van der Waals surface area contributed by atoms with E-state index in [2.05, 4.69) is 10.2 Å². The molecule has 37 heavy (non-hydrogen) atoms. The summed E-state index contributed by atoms with van der Waals surface area (Å²) in [5.41, 5.74) is 0.184. The van der Waals surface area contributed by atoms with Gasteiger partial charge < -0.3 is 19.5 Å². The van der Waals surface area contributed by atoms with Crippen molar-refractivity contribution in [2.45, 2.75) is 77.2 Å². The average molecular weight is 529 g/mol. The van der Waals surface area contributed by atoms with Crippen molar-refractivity contribution in [3.05, 3.63) is 55.7 Å². The summed E-state index contributed by atoms with van der Waals surface area (Å²) in [6.45, 7) is 7.06. The van der Waals surface area contributed by atoms with Gasteiger partial charge in [-0.3, -0.25) is 13.9 Å². The van der Waals surface area contributed by atoms with E-state index in [1.807, 2.05) is 43.5 Å². The molecule has 0 atom stereocenters. The molecule has 0 spiro atoms. The van der Waals surface area contributed by atoms with Gasteiger partial charge in [-0.25, -0.2) is 9.59 Å². The fraction of sp³-hybridized carbons (Fsp3) is 0.538. The number of aryl methyl sites for hydroxylation is 2. The number of rotatable bonds is 4. The Hall–Kier alpha value is -3.27. The molecule has 0 unspecified atom stereocenters. The Morgan fingerprint density at radius 3 is 2.57 bits per heavy atom. The molecule has 1 aliphatic carbocycles. The monoisotopic (exact) mass is 528 g/mol. The first-order chi connectivity index (χ1) is 17.5. The molecule has 0 saturated heterocycles. The Morgan fingerprint density at radius 1 is 1.16 bits per heavy atom. The van der Waals surface area contributed by atoms with E-state index < -0.39 is 17.4 Å². The van der Waals surface area contributed by atoms with Crippen molar-refractivity contribution >= 4 is 34.8 Å². The van der Waals surface area contributed by atoms with Gasteiger partial charge in [-0.15, -0.1) is 0 Å². The molecule has 0 radical (unpaired) electrons. The van der Waals surface area contributed by atoms with Crippen molar-refractivity contribution in [2.75, 3.05) is 11.4 Å². The predicted molar refractivity (Wildman–Crippen MR) is 143 cm³/mol. The zero-order valence-electron chi connectivity index (χ0n) is 21.7. The lowest BCUT2D eigenvalue weighted by atomic mass is 9.85. The van der Waals surface area contributed by atoms with Gasteiger partial charge in [0.2, 0.25) is 5.95 Å². The molecule has 5 rings (SSSR count). The molecule has 2 aromatic heterocycles. The van der Waals surface area contributed by atoms with Gasteiger partial charge in [0.25, 0.3) is 5.56 Å².